The number of carbonyl (C=O) groups is 4. The van der Waals surface area contributed by atoms with Gasteiger partial charge in [-0.25, -0.2) is 23.9 Å². The van der Waals surface area contributed by atoms with E-state index >= 15 is 4.39 Å². The molecular weight excluding hydrogens is 742 g/mol. The highest BCUT2D eigenvalue weighted by Crippen LogP contribution is 2.39. The molecule has 4 aromatic rings. The summed E-state index contributed by atoms with van der Waals surface area (Å²) in [5, 5.41) is 12.8. The van der Waals surface area contributed by atoms with E-state index in [0.717, 1.165) is 18.6 Å². The molecule has 0 unspecified atom stereocenters. The maximum absolute atomic E-state index is 15.4. The van der Waals surface area contributed by atoms with Crippen LogP contribution in [0.5, 0.6) is 5.75 Å². The van der Waals surface area contributed by atoms with Crippen LogP contribution in [0, 0.1) is 11.7 Å². The molecular formula is C37H41F4N9O6. The largest absolute Gasteiger partial charge is 0.573 e. The molecule has 0 spiro atoms. The monoisotopic (exact) mass is 783 g/mol. The maximum atomic E-state index is 15.4. The number of pyridine rings is 1. The van der Waals surface area contributed by atoms with Crippen LogP contribution in [0.15, 0.2) is 60.9 Å². The van der Waals surface area contributed by atoms with Gasteiger partial charge in [-0.3, -0.25) is 9.59 Å². The van der Waals surface area contributed by atoms with Gasteiger partial charge in [-0.05, 0) is 48.1 Å². The van der Waals surface area contributed by atoms with Crippen molar-refractivity contribution in [3.05, 3.63) is 78.1 Å². The van der Waals surface area contributed by atoms with E-state index in [-0.39, 0.29) is 40.6 Å². The summed E-state index contributed by atoms with van der Waals surface area (Å²) < 4.78 is 65.0. The number of methoxy groups -OCH3 is 1. The van der Waals surface area contributed by atoms with Gasteiger partial charge in [-0.1, -0.05) is 38.1 Å². The number of urea groups is 1. The van der Waals surface area contributed by atoms with E-state index in [2.05, 4.69) is 46.3 Å². The van der Waals surface area contributed by atoms with Crippen molar-refractivity contribution >= 4 is 35.4 Å². The lowest BCUT2D eigenvalue weighted by Crippen LogP contribution is -2.51. The van der Waals surface area contributed by atoms with Crippen LogP contribution < -0.4 is 31.3 Å². The van der Waals surface area contributed by atoms with E-state index in [9.17, 15) is 32.3 Å². The molecule has 5 rings (SSSR count). The van der Waals surface area contributed by atoms with Crippen LogP contribution in [0.4, 0.5) is 38.7 Å². The predicted octanol–water partition coefficient (Wildman–Crippen LogP) is 5.81. The minimum absolute atomic E-state index is 0.000851. The first-order chi connectivity index (χ1) is 26.7. The van der Waals surface area contributed by atoms with Gasteiger partial charge in [0, 0.05) is 44.5 Å². The number of ether oxygens (including phenoxy) is 2. The van der Waals surface area contributed by atoms with Crippen molar-refractivity contribution in [3.63, 3.8) is 0 Å². The third kappa shape index (κ3) is 10.2. The molecule has 0 bridgehead atoms. The molecule has 6 N–H and O–H groups in total. The predicted molar refractivity (Wildman–Crippen MR) is 197 cm³/mol. The number of alkyl halides is 3. The number of hydrogen-bond donors (Lipinski definition) is 6. The van der Waals surface area contributed by atoms with Gasteiger partial charge in [-0.15, -0.1) is 13.2 Å². The highest BCUT2D eigenvalue weighted by Gasteiger charge is 2.38. The molecule has 1 saturated heterocycles. The Labute approximate surface area is 318 Å². The molecule has 2 atom stereocenters. The van der Waals surface area contributed by atoms with Crippen LogP contribution >= 0.6 is 0 Å². The zero-order chi connectivity index (χ0) is 40.6. The average Bonchev–Trinajstić information content (AvgIpc) is 3.87. The lowest BCUT2D eigenvalue weighted by Gasteiger charge is -2.30. The van der Waals surface area contributed by atoms with Crippen LogP contribution in [0.1, 0.15) is 48.9 Å². The Balaban J connectivity index is 1.30. The number of anilines is 2. The van der Waals surface area contributed by atoms with Crippen molar-refractivity contribution in [2.75, 3.05) is 44.4 Å². The van der Waals surface area contributed by atoms with Gasteiger partial charge >= 0.3 is 18.5 Å². The van der Waals surface area contributed by atoms with Gasteiger partial charge in [0.1, 0.15) is 29.3 Å². The number of alkyl carbamates (subject to hydrolysis) is 1. The number of rotatable bonds is 13. The smallest absolute Gasteiger partial charge is 0.453 e. The van der Waals surface area contributed by atoms with Gasteiger partial charge < -0.3 is 45.9 Å². The molecule has 298 valence electrons. The highest BCUT2D eigenvalue weighted by atomic mass is 19.4. The number of hydrogen-bond acceptors (Lipinski definition) is 9. The summed E-state index contributed by atoms with van der Waals surface area (Å²) in [6.45, 7) is 4.72. The fourth-order valence-corrected chi connectivity index (χ4v) is 6.04. The maximum Gasteiger partial charge on any atom is 0.573 e. The molecule has 1 aliphatic rings. The summed E-state index contributed by atoms with van der Waals surface area (Å²) in [5.74, 6) is -2.17. The molecule has 56 heavy (non-hydrogen) atoms. The lowest BCUT2D eigenvalue weighted by molar-refractivity contribution is -0.274. The van der Waals surface area contributed by atoms with Gasteiger partial charge in [0.25, 0.3) is 5.91 Å². The third-order valence-corrected chi connectivity index (χ3v) is 8.86. The van der Waals surface area contributed by atoms with Crippen molar-refractivity contribution in [2.24, 2.45) is 5.92 Å². The Bertz CT molecular complexity index is 2020. The Morgan fingerprint density at radius 2 is 1.73 bits per heavy atom. The normalized spacial score (nSPS) is 14.5. The number of imidazole rings is 1. The zero-order valence-electron chi connectivity index (χ0n) is 30.8. The number of nitrogens with zero attached hydrogens (tertiary/aromatic N) is 3. The van der Waals surface area contributed by atoms with Gasteiger partial charge in [0.2, 0.25) is 5.91 Å². The Kier molecular flexibility index (Phi) is 13.0. The molecule has 0 radical (unpaired) electrons. The van der Waals surface area contributed by atoms with E-state index in [0.29, 0.717) is 49.0 Å². The van der Waals surface area contributed by atoms with Crippen molar-refractivity contribution in [1.82, 2.24) is 35.8 Å². The highest BCUT2D eigenvalue weighted by molar-refractivity contribution is 6.04. The number of benzene rings is 2. The topological polar surface area (TPSA) is 192 Å². The molecule has 2 aromatic heterocycles. The van der Waals surface area contributed by atoms with Crippen LogP contribution in [-0.4, -0.2) is 90.0 Å². The van der Waals surface area contributed by atoms with Crippen molar-refractivity contribution in [2.45, 2.75) is 45.1 Å². The van der Waals surface area contributed by atoms with Crippen molar-refractivity contribution in [3.8, 4) is 28.1 Å². The quantitative estimate of drug-likeness (QED) is 0.0717. The molecule has 5 amide bonds. The zero-order valence-corrected chi connectivity index (χ0v) is 30.8. The van der Waals surface area contributed by atoms with Crippen LogP contribution in [0.2, 0.25) is 0 Å². The molecule has 1 aliphatic heterocycles. The lowest BCUT2D eigenvalue weighted by atomic mass is 10.0. The number of carbonyl (C=O) groups excluding carboxylic acids is 4. The van der Waals surface area contributed by atoms with E-state index < -0.39 is 41.7 Å². The van der Waals surface area contributed by atoms with E-state index in [4.69, 9.17) is 4.74 Å². The third-order valence-electron chi connectivity index (χ3n) is 8.86. The number of amides is 5. The molecule has 19 heteroatoms. The minimum atomic E-state index is -5.14. The van der Waals surface area contributed by atoms with Crippen molar-refractivity contribution < 1.29 is 46.2 Å². The van der Waals surface area contributed by atoms with Gasteiger partial charge in [0.15, 0.2) is 0 Å². The summed E-state index contributed by atoms with van der Waals surface area (Å²) in [4.78, 5) is 63.0. The summed E-state index contributed by atoms with van der Waals surface area (Å²) in [7, 11) is 2.70. The summed E-state index contributed by atoms with van der Waals surface area (Å²) in [6.07, 6.45) is -1.73. The number of aromatic nitrogens is 3. The molecule has 3 heterocycles. The summed E-state index contributed by atoms with van der Waals surface area (Å²) in [6, 6.07) is 9.09. The fourth-order valence-electron chi connectivity index (χ4n) is 6.04. The van der Waals surface area contributed by atoms with Crippen LogP contribution in [0.3, 0.4) is 0 Å². The van der Waals surface area contributed by atoms with E-state index in [1.165, 1.54) is 44.6 Å². The van der Waals surface area contributed by atoms with E-state index in [1.54, 1.807) is 23.2 Å². The molecule has 0 aliphatic carbocycles. The summed E-state index contributed by atoms with van der Waals surface area (Å²) in [5.41, 5.74) is 0.578. The number of halogens is 4. The van der Waals surface area contributed by atoms with Crippen LogP contribution in [0.25, 0.3) is 22.4 Å². The number of aromatic amines is 1. The second-order valence-corrected chi connectivity index (χ2v) is 13.0. The van der Waals surface area contributed by atoms with Gasteiger partial charge in [0.05, 0.1) is 36.3 Å². The van der Waals surface area contributed by atoms with Crippen molar-refractivity contribution in [1.29, 1.82) is 0 Å². The molecule has 1 fully saturated rings. The number of likely N-dealkylation sites (tertiary alicyclic amines) is 1. The number of nitrogens with one attached hydrogen (secondary N) is 6. The first-order valence-electron chi connectivity index (χ1n) is 17.5. The Hall–Kier alpha value is -6.40. The fraction of sp³-hybridized carbons (Fsp3) is 0.351. The average molecular weight is 784 g/mol. The van der Waals surface area contributed by atoms with Gasteiger partial charge in [-0.2, -0.15) is 0 Å². The first-order valence-corrected chi connectivity index (χ1v) is 17.5. The summed E-state index contributed by atoms with van der Waals surface area (Å²) >= 11 is 0. The molecule has 0 saturated carbocycles. The second kappa shape index (κ2) is 17.8. The molecule has 15 nitrogen and oxygen atoms in total. The standard InChI is InChI=1S/C37H41F4N9O6/c1-20(2)31(49-36(54)55-4)34(52)50-15-5-6-28(50)32-46-19-27(47-32)22-9-7-21(8-10-22)24-16-25(38)26(17-29(24)56-37(39,40)41)48-33(51)23-11-12-30(45-18-23)43-13-14-44-35(53)42-3/h7-12,16-20,28,31H,5-6,13-15H2,1-4H3,(H,43,45)(H,46,47)(H,48,51)(H,49,54)(H2,42,44,53)/t28-,31-/m0/s1. The van der Waals surface area contributed by atoms with Crippen LogP contribution in [-0.2, 0) is 9.53 Å². The Morgan fingerprint density at radius 1 is 1.00 bits per heavy atom. The first kappa shape index (κ1) is 40.8. The Morgan fingerprint density at radius 3 is 2.38 bits per heavy atom. The minimum Gasteiger partial charge on any atom is -0.453 e. The SMILES string of the molecule is CNC(=O)NCCNc1ccc(C(=O)Nc2cc(OC(F)(F)F)c(-c3ccc(-c4cnc([C@@H]5CCCN5C(=O)[C@@H](NC(=O)OC)C(C)C)[nH]4)cc3)cc2F)cn1. The number of H-pyrrole nitrogens is 1. The van der Waals surface area contributed by atoms with E-state index in [1.807, 2.05) is 13.8 Å². The molecule has 2 aromatic carbocycles. The second-order valence-electron chi connectivity index (χ2n) is 13.0.